The Morgan fingerprint density at radius 2 is 1.76 bits per heavy atom. The monoisotopic (exact) mass is 290 g/mol. The summed E-state index contributed by atoms with van der Waals surface area (Å²) in [6.07, 6.45) is 2.33. The van der Waals surface area contributed by atoms with E-state index in [1.807, 2.05) is 0 Å². The van der Waals surface area contributed by atoms with Crippen molar-refractivity contribution in [1.29, 1.82) is 0 Å². The number of hydrogen-bond acceptors (Lipinski definition) is 2. The van der Waals surface area contributed by atoms with Crippen molar-refractivity contribution in [3.8, 4) is 0 Å². The van der Waals surface area contributed by atoms with Crippen LogP contribution in [0.4, 0.5) is 0 Å². The van der Waals surface area contributed by atoms with Crippen LogP contribution < -0.4 is 5.32 Å². The summed E-state index contributed by atoms with van der Waals surface area (Å²) in [6.45, 7) is 13.7. The molecule has 21 heavy (non-hydrogen) atoms. The van der Waals surface area contributed by atoms with E-state index in [1.54, 1.807) is 0 Å². The standard InChI is InChI=1S/C19H34N2/c1-7-14-20-18(17-11-9-8-10-12-17)13-15-21(6)16(2)19(3,4)5/h8-12,16,18,20H,7,13-15H2,1-6H3. The van der Waals surface area contributed by atoms with E-state index in [-0.39, 0.29) is 0 Å². The first kappa shape index (κ1) is 18.2. The molecule has 1 aromatic rings. The summed E-state index contributed by atoms with van der Waals surface area (Å²) < 4.78 is 0. The van der Waals surface area contributed by atoms with Crippen molar-refractivity contribution in [2.45, 2.75) is 59.5 Å². The number of hydrogen-bond donors (Lipinski definition) is 1. The molecule has 0 amide bonds. The molecule has 0 aliphatic rings. The second-order valence-electron chi connectivity index (χ2n) is 7.23. The van der Waals surface area contributed by atoms with Crippen LogP contribution in [0.1, 0.15) is 59.1 Å². The molecule has 120 valence electrons. The highest BCUT2D eigenvalue weighted by Crippen LogP contribution is 2.24. The lowest BCUT2D eigenvalue weighted by atomic mass is 9.87. The number of benzene rings is 1. The lowest BCUT2D eigenvalue weighted by molar-refractivity contribution is 0.136. The van der Waals surface area contributed by atoms with E-state index in [9.17, 15) is 0 Å². The Kier molecular flexibility index (Phi) is 7.41. The molecule has 0 heterocycles. The van der Waals surface area contributed by atoms with Gasteiger partial charge in [-0.3, -0.25) is 0 Å². The van der Waals surface area contributed by atoms with Crippen LogP contribution in [0.5, 0.6) is 0 Å². The maximum atomic E-state index is 3.69. The molecule has 1 aromatic carbocycles. The Bertz CT molecular complexity index is 380. The van der Waals surface area contributed by atoms with Gasteiger partial charge in [0.1, 0.15) is 0 Å². The third-order valence-electron chi connectivity index (χ3n) is 4.53. The molecule has 0 fully saturated rings. The third-order valence-corrected chi connectivity index (χ3v) is 4.53. The van der Waals surface area contributed by atoms with Crippen molar-refractivity contribution in [2.75, 3.05) is 20.1 Å². The highest BCUT2D eigenvalue weighted by molar-refractivity contribution is 5.18. The molecule has 0 bridgehead atoms. The van der Waals surface area contributed by atoms with E-state index in [4.69, 9.17) is 0 Å². The molecule has 0 spiro atoms. The molecular formula is C19H34N2. The quantitative estimate of drug-likeness (QED) is 0.759. The summed E-state index contributed by atoms with van der Waals surface area (Å²) >= 11 is 0. The van der Waals surface area contributed by atoms with Gasteiger partial charge in [0.05, 0.1) is 0 Å². The van der Waals surface area contributed by atoms with Gasteiger partial charge in [0, 0.05) is 12.1 Å². The maximum Gasteiger partial charge on any atom is 0.0332 e. The second-order valence-corrected chi connectivity index (χ2v) is 7.23. The molecule has 0 saturated heterocycles. The highest BCUT2D eigenvalue weighted by Gasteiger charge is 2.24. The van der Waals surface area contributed by atoms with Crippen LogP contribution in [0.2, 0.25) is 0 Å². The Morgan fingerprint density at radius 3 is 2.29 bits per heavy atom. The fourth-order valence-corrected chi connectivity index (χ4v) is 2.58. The van der Waals surface area contributed by atoms with Crippen molar-refractivity contribution in [2.24, 2.45) is 5.41 Å². The van der Waals surface area contributed by atoms with Gasteiger partial charge in [-0.25, -0.2) is 0 Å². The van der Waals surface area contributed by atoms with Crippen LogP contribution in [0.15, 0.2) is 30.3 Å². The Balaban J connectivity index is 2.62. The normalized spacial score (nSPS) is 15.2. The first-order valence-corrected chi connectivity index (χ1v) is 8.34. The van der Waals surface area contributed by atoms with Gasteiger partial charge in [-0.1, -0.05) is 58.0 Å². The van der Waals surface area contributed by atoms with Crippen molar-refractivity contribution in [1.82, 2.24) is 10.2 Å². The molecule has 0 aromatic heterocycles. The molecule has 2 nitrogen and oxygen atoms in total. The third kappa shape index (κ3) is 6.19. The summed E-state index contributed by atoms with van der Waals surface area (Å²) in [5.41, 5.74) is 1.73. The van der Waals surface area contributed by atoms with Crippen molar-refractivity contribution in [3.05, 3.63) is 35.9 Å². The molecule has 0 aliphatic carbocycles. The smallest absolute Gasteiger partial charge is 0.0332 e. The van der Waals surface area contributed by atoms with Crippen LogP contribution in [0.25, 0.3) is 0 Å². The first-order chi connectivity index (χ1) is 9.86. The predicted molar refractivity (Wildman–Crippen MR) is 93.6 cm³/mol. The van der Waals surface area contributed by atoms with Gasteiger partial charge in [0.2, 0.25) is 0 Å². The average molecular weight is 290 g/mol. The summed E-state index contributed by atoms with van der Waals surface area (Å²) in [4.78, 5) is 2.49. The number of nitrogens with one attached hydrogen (secondary N) is 1. The lowest BCUT2D eigenvalue weighted by Crippen LogP contribution is -2.40. The zero-order valence-electron chi connectivity index (χ0n) is 14.8. The summed E-state index contributed by atoms with van der Waals surface area (Å²) in [5, 5.41) is 3.69. The summed E-state index contributed by atoms with van der Waals surface area (Å²) in [5.74, 6) is 0. The van der Waals surface area contributed by atoms with E-state index >= 15 is 0 Å². The van der Waals surface area contributed by atoms with E-state index in [2.05, 4.69) is 82.2 Å². The van der Waals surface area contributed by atoms with Crippen LogP contribution in [-0.2, 0) is 0 Å². The van der Waals surface area contributed by atoms with Gasteiger partial charge in [-0.05, 0) is 50.9 Å². The summed E-state index contributed by atoms with van der Waals surface area (Å²) in [6, 6.07) is 11.9. The van der Waals surface area contributed by atoms with Crippen LogP contribution in [0.3, 0.4) is 0 Å². The predicted octanol–water partition coefficient (Wildman–Crippen LogP) is 4.48. The van der Waals surface area contributed by atoms with Crippen LogP contribution in [0, 0.1) is 5.41 Å². The fourth-order valence-electron chi connectivity index (χ4n) is 2.58. The van der Waals surface area contributed by atoms with Gasteiger partial charge in [0.15, 0.2) is 0 Å². The molecule has 2 unspecified atom stereocenters. The second kappa shape index (κ2) is 8.55. The molecular weight excluding hydrogens is 256 g/mol. The largest absolute Gasteiger partial charge is 0.310 e. The molecule has 1 N–H and O–H groups in total. The lowest BCUT2D eigenvalue weighted by Gasteiger charge is -2.36. The first-order valence-electron chi connectivity index (χ1n) is 8.34. The van der Waals surface area contributed by atoms with Crippen molar-refractivity contribution >= 4 is 0 Å². The van der Waals surface area contributed by atoms with Crippen LogP contribution in [-0.4, -0.2) is 31.1 Å². The van der Waals surface area contributed by atoms with Crippen LogP contribution >= 0.6 is 0 Å². The van der Waals surface area contributed by atoms with Gasteiger partial charge in [0.25, 0.3) is 0 Å². The Hall–Kier alpha value is -0.860. The zero-order valence-corrected chi connectivity index (χ0v) is 14.8. The summed E-state index contributed by atoms with van der Waals surface area (Å²) in [7, 11) is 2.25. The topological polar surface area (TPSA) is 15.3 Å². The Labute approximate surface area is 131 Å². The van der Waals surface area contributed by atoms with E-state index < -0.39 is 0 Å². The van der Waals surface area contributed by atoms with E-state index in [1.165, 1.54) is 12.0 Å². The highest BCUT2D eigenvalue weighted by atomic mass is 15.1. The minimum atomic E-state index is 0.327. The SMILES string of the molecule is CCCNC(CCN(C)C(C)C(C)(C)C)c1ccccc1. The Morgan fingerprint density at radius 1 is 1.14 bits per heavy atom. The minimum Gasteiger partial charge on any atom is -0.310 e. The molecule has 0 saturated carbocycles. The van der Waals surface area contributed by atoms with Crippen molar-refractivity contribution < 1.29 is 0 Å². The van der Waals surface area contributed by atoms with E-state index in [0.717, 1.165) is 19.5 Å². The number of rotatable bonds is 8. The van der Waals surface area contributed by atoms with E-state index in [0.29, 0.717) is 17.5 Å². The molecule has 2 atom stereocenters. The van der Waals surface area contributed by atoms with Crippen molar-refractivity contribution in [3.63, 3.8) is 0 Å². The molecule has 0 radical (unpaired) electrons. The molecule has 2 heteroatoms. The fraction of sp³-hybridized carbons (Fsp3) is 0.684. The average Bonchev–Trinajstić information content (AvgIpc) is 2.46. The van der Waals surface area contributed by atoms with Gasteiger partial charge >= 0.3 is 0 Å². The zero-order chi connectivity index (χ0) is 15.9. The molecule has 1 rings (SSSR count). The number of nitrogens with zero attached hydrogens (tertiary/aromatic N) is 1. The minimum absolute atomic E-state index is 0.327. The van der Waals surface area contributed by atoms with Gasteiger partial charge < -0.3 is 10.2 Å². The maximum absolute atomic E-state index is 3.69. The molecule has 0 aliphatic heterocycles. The van der Waals surface area contributed by atoms with Gasteiger partial charge in [-0.2, -0.15) is 0 Å². The van der Waals surface area contributed by atoms with Gasteiger partial charge in [-0.15, -0.1) is 0 Å².